The highest BCUT2D eigenvalue weighted by Crippen LogP contribution is 2.21. The molecule has 126 valence electrons. The highest BCUT2D eigenvalue weighted by atomic mass is 35.5. The highest BCUT2D eigenvalue weighted by Gasteiger charge is 2.15. The van der Waals surface area contributed by atoms with E-state index in [1.807, 2.05) is 0 Å². The highest BCUT2D eigenvalue weighted by molar-refractivity contribution is 7.92. The second kappa shape index (κ2) is 8.14. The Hall–Kier alpha value is -2.09. The van der Waals surface area contributed by atoms with Gasteiger partial charge in [0.15, 0.2) is 5.11 Å². The summed E-state index contributed by atoms with van der Waals surface area (Å²) >= 11 is 11.0. The lowest BCUT2D eigenvalue weighted by Gasteiger charge is -2.12. The molecular weight excluding hydrogens is 366 g/mol. The minimum Gasteiger partial charge on any atom is -0.359 e. The quantitative estimate of drug-likeness (QED) is 0.526. The van der Waals surface area contributed by atoms with Crippen molar-refractivity contribution in [2.45, 2.75) is 4.90 Å². The Morgan fingerprint density at radius 2 is 1.88 bits per heavy atom. The van der Waals surface area contributed by atoms with E-state index in [-0.39, 0.29) is 4.90 Å². The van der Waals surface area contributed by atoms with Gasteiger partial charge in [-0.15, -0.1) is 6.58 Å². The Kier molecular flexibility index (Phi) is 6.19. The van der Waals surface area contributed by atoms with E-state index in [1.165, 1.54) is 18.2 Å². The van der Waals surface area contributed by atoms with Crippen molar-refractivity contribution in [1.29, 1.82) is 0 Å². The van der Waals surface area contributed by atoms with Gasteiger partial charge in [0.1, 0.15) is 0 Å². The molecule has 0 unspecified atom stereocenters. The first-order valence-electron chi connectivity index (χ1n) is 6.95. The molecule has 2 aromatic carbocycles. The molecule has 0 aliphatic heterocycles. The number of halogens is 1. The van der Waals surface area contributed by atoms with Gasteiger partial charge in [-0.3, -0.25) is 4.72 Å². The topological polar surface area (TPSA) is 70.2 Å². The lowest BCUT2D eigenvalue weighted by molar-refractivity contribution is 0.601. The third-order valence-electron chi connectivity index (χ3n) is 2.89. The second-order valence-corrected chi connectivity index (χ2v) is 7.29. The van der Waals surface area contributed by atoms with E-state index in [9.17, 15) is 8.42 Å². The molecule has 24 heavy (non-hydrogen) atoms. The number of hydrogen-bond donors (Lipinski definition) is 3. The summed E-state index contributed by atoms with van der Waals surface area (Å²) in [5.74, 6) is 0. The van der Waals surface area contributed by atoms with Crippen LogP contribution in [0.2, 0.25) is 5.02 Å². The molecule has 0 saturated heterocycles. The summed E-state index contributed by atoms with van der Waals surface area (Å²) in [5, 5.41) is 6.66. The molecule has 0 fully saturated rings. The zero-order valence-electron chi connectivity index (χ0n) is 12.6. The monoisotopic (exact) mass is 381 g/mol. The SMILES string of the molecule is C=CCNC(=S)Nc1cccc(S(=O)(=O)Nc2cccc(Cl)c2)c1. The van der Waals surface area contributed by atoms with E-state index >= 15 is 0 Å². The molecule has 0 radical (unpaired) electrons. The van der Waals surface area contributed by atoms with Crippen LogP contribution in [0.25, 0.3) is 0 Å². The molecule has 2 aromatic rings. The molecule has 2 rings (SSSR count). The second-order valence-electron chi connectivity index (χ2n) is 4.77. The average Bonchev–Trinajstić information content (AvgIpc) is 2.53. The third-order valence-corrected chi connectivity index (χ3v) is 4.75. The summed E-state index contributed by atoms with van der Waals surface area (Å²) < 4.78 is 27.4. The van der Waals surface area contributed by atoms with E-state index < -0.39 is 10.0 Å². The van der Waals surface area contributed by atoms with Crippen molar-refractivity contribution in [2.24, 2.45) is 0 Å². The van der Waals surface area contributed by atoms with Crippen molar-refractivity contribution in [1.82, 2.24) is 5.32 Å². The van der Waals surface area contributed by atoms with Crippen LogP contribution in [0.1, 0.15) is 0 Å². The zero-order chi connectivity index (χ0) is 17.6. The van der Waals surface area contributed by atoms with Crippen LogP contribution in [0.3, 0.4) is 0 Å². The van der Waals surface area contributed by atoms with Crippen molar-refractivity contribution in [3.05, 3.63) is 66.2 Å². The van der Waals surface area contributed by atoms with Crippen LogP contribution in [-0.4, -0.2) is 20.1 Å². The van der Waals surface area contributed by atoms with Gasteiger partial charge < -0.3 is 10.6 Å². The van der Waals surface area contributed by atoms with Gasteiger partial charge >= 0.3 is 0 Å². The molecular formula is C16H16ClN3O2S2. The standard InChI is InChI=1S/C16H16ClN3O2S2/c1-2-9-18-16(23)19-13-6-4-8-15(11-13)24(21,22)20-14-7-3-5-12(17)10-14/h2-8,10-11,20H,1,9H2,(H2,18,19,23). The predicted octanol–water partition coefficient (Wildman–Crippen LogP) is 3.61. The molecule has 0 heterocycles. The number of rotatable bonds is 6. The number of thiocarbonyl (C=S) groups is 1. The van der Waals surface area contributed by atoms with Crippen molar-refractivity contribution in [3.8, 4) is 0 Å². The van der Waals surface area contributed by atoms with Crippen molar-refractivity contribution >= 4 is 50.3 Å². The van der Waals surface area contributed by atoms with Crippen LogP contribution in [0.5, 0.6) is 0 Å². The Labute approximate surface area is 151 Å². The molecule has 0 aliphatic carbocycles. The summed E-state index contributed by atoms with van der Waals surface area (Å²) in [7, 11) is -3.73. The van der Waals surface area contributed by atoms with E-state index in [0.29, 0.717) is 28.1 Å². The fourth-order valence-electron chi connectivity index (χ4n) is 1.85. The van der Waals surface area contributed by atoms with Crippen molar-refractivity contribution < 1.29 is 8.42 Å². The summed E-state index contributed by atoms with van der Waals surface area (Å²) in [6.45, 7) is 4.10. The maximum absolute atomic E-state index is 12.5. The van der Waals surface area contributed by atoms with Crippen LogP contribution in [0, 0.1) is 0 Å². The van der Waals surface area contributed by atoms with E-state index in [2.05, 4.69) is 21.9 Å². The van der Waals surface area contributed by atoms with Gasteiger partial charge in [-0.25, -0.2) is 8.42 Å². The number of benzene rings is 2. The van der Waals surface area contributed by atoms with Gasteiger partial charge in [-0.05, 0) is 48.6 Å². The molecule has 0 amide bonds. The zero-order valence-corrected chi connectivity index (χ0v) is 15.0. The molecule has 3 N–H and O–H groups in total. The summed E-state index contributed by atoms with van der Waals surface area (Å²) in [6.07, 6.45) is 1.67. The van der Waals surface area contributed by atoms with Crippen molar-refractivity contribution in [2.75, 3.05) is 16.6 Å². The lowest BCUT2D eigenvalue weighted by Crippen LogP contribution is -2.28. The number of nitrogens with one attached hydrogen (secondary N) is 3. The van der Waals surface area contributed by atoms with Gasteiger partial charge in [-0.2, -0.15) is 0 Å². The smallest absolute Gasteiger partial charge is 0.261 e. The fourth-order valence-corrected chi connectivity index (χ4v) is 3.33. The fraction of sp³-hybridized carbons (Fsp3) is 0.0625. The van der Waals surface area contributed by atoms with Gasteiger partial charge in [-0.1, -0.05) is 29.8 Å². The average molecular weight is 382 g/mol. The molecule has 0 aliphatic rings. The number of anilines is 2. The molecule has 8 heteroatoms. The first kappa shape index (κ1) is 18.3. The first-order valence-corrected chi connectivity index (χ1v) is 9.22. The molecule has 0 spiro atoms. The lowest BCUT2D eigenvalue weighted by atomic mass is 10.3. The maximum atomic E-state index is 12.5. The van der Waals surface area contributed by atoms with E-state index in [0.717, 1.165) is 0 Å². The van der Waals surface area contributed by atoms with E-state index in [4.69, 9.17) is 23.8 Å². The normalized spacial score (nSPS) is 10.7. The van der Waals surface area contributed by atoms with Crippen LogP contribution in [0.4, 0.5) is 11.4 Å². The van der Waals surface area contributed by atoms with Gasteiger partial charge in [0.05, 0.1) is 10.6 Å². The molecule has 0 saturated carbocycles. The van der Waals surface area contributed by atoms with Gasteiger partial charge in [0, 0.05) is 17.3 Å². The van der Waals surface area contributed by atoms with Crippen LogP contribution >= 0.6 is 23.8 Å². The Morgan fingerprint density at radius 1 is 1.17 bits per heavy atom. The van der Waals surface area contributed by atoms with E-state index in [1.54, 1.807) is 36.4 Å². The predicted molar refractivity (Wildman–Crippen MR) is 103 cm³/mol. The van der Waals surface area contributed by atoms with Crippen molar-refractivity contribution in [3.63, 3.8) is 0 Å². The van der Waals surface area contributed by atoms with Gasteiger partial charge in [0.2, 0.25) is 0 Å². The molecule has 0 aromatic heterocycles. The summed E-state index contributed by atoms with van der Waals surface area (Å²) in [6, 6.07) is 12.8. The Bertz CT molecular complexity index is 854. The van der Waals surface area contributed by atoms with Crippen LogP contribution in [-0.2, 0) is 10.0 Å². The minimum atomic E-state index is -3.73. The number of hydrogen-bond acceptors (Lipinski definition) is 3. The summed E-state index contributed by atoms with van der Waals surface area (Å²) in [4.78, 5) is 0.110. The maximum Gasteiger partial charge on any atom is 0.261 e. The third kappa shape index (κ3) is 5.23. The molecule has 0 bridgehead atoms. The summed E-state index contributed by atoms with van der Waals surface area (Å²) in [5.41, 5.74) is 0.953. The largest absolute Gasteiger partial charge is 0.359 e. The van der Waals surface area contributed by atoms with Crippen LogP contribution in [0.15, 0.2) is 66.1 Å². The molecule has 0 atom stereocenters. The number of sulfonamides is 1. The minimum absolute atomic E-state index is 0.110. The Morgan fingerprint density at radius 3 is 2.58 bits per heavy atom. The van der Waals surface area contributed by atoms with Gasteiger partial charge in [0.25, 0.3) is 10.0 Å². The Balaban J connectivity index is 2.17. The van der Waals surface area contributed by atoms with Crippen LogP contribution < -0.4 is 15.4 Å². The molecule has 5 nitrogen and oxygen atoms in total. The first-order chi connectivity index (χ1) is 11.4.